The number of amides is 1. The van der Waals surface area contributed by atoms with Crippen LogP contribution in [0.5, 0.6) is 0 Å². The van der Waals surface area contributed by atoms with Crippen molar-refractivity contribution in [3.63, 3.8) is 0 Å². The number of hydrogen-bond donors (Lipinski definition) is 3. The van der Waals surface area contributed by atoms with Crippen molar-refractivity contribution in [1.82, 2.24) is 5.32 Å². The lowest BCUT2D eigenvalue weighted by Crippen LogP contribution is -2.29. The zero-order valence-corrected chi connectivity index (χ0v) is 10.8. The molecule has 5 nitrogen and oxygen atoms in total. The Labute approximate surface area is 109 Å². The van der Waals surface area contributed by atoms with E-state index in [0.29, 0.717) is 17.1 Å². The second-order valence-electron chi connectivity index (χ2n) is 4.12. The number of carbonyl (C=O) groups excluding carboxylic acids is 1. The maximum absolute atomic E-state index is 11.6. The first-order valence-corrected chi connectivity index (χ1v) is 6.74. The molecular formula is C12H15N3O2S. The molecule has 0 saturated carbocycles. The molecule has 3 N–H and O–H groups in total. The molecule has 0 saturated heterocycles. The molecule has 0 atom stereocenters. The third-order valence-corrected chi connectivity index (χ3v) is 4.07. The topological polar surface area (TPSA) is 85.2 Å². The Morgan fingerprint density at radius 1 is 1.50 bits per heavy atom. The first kappa shape index (κ1) is 13.0. The second-order valence-corrected chi connectivity index (χ2v) is 5.23. The average Bonchev–Trinajstić information content (AvgIpc) is 2.89. The van der Waals surface area contributed by atoms with Gasteiger partial charge >= 0.3 is 0 Å². The van der Waals surface area contributed by atoms with Crippen molar-refractivity contribution in [2.75, 3.05) is 25.0 Å². The summed E-state index contributed by atoms with van der Waals surface area (Å²) in [7, 11) is 0. The van der Waals surface area contributed by atoms with E-state index in [1.165, 1.54) is 16.2 Å². The van der Waals surface area contributed by atoms with Gasteiger partial charge in [0.15, 0.2) is 0 Å². The van der Waals surface area contributed by atoms with E-state index in [-0.39, 0.29) is 19.1 Å². The van der Waals surface area contributed by atoms with Gasteiger partial charge in [0.05, 0.1) is 18.7 Å². The number of aliphatic hydroxyl groups is 1. The molecule has 1 aromatic heterocycles. The summed E-state index contributed by atoms with van der Waals surface area (Å²) in [5, 5.41) is 24.0. The van der Waals surface area contributed by atoms with Crippen LogP contribution >= 0.6 is 11.3 Å². The zero-order chi connectivity index (χ0) is 13.0. The van der Waals surface area contributed by atoms with Crippen LogP contribution in [0.4, 0.5) is 5.00 Å². The van der Waals surface area contributed by atoms with E-state index in [1.807, 2.05) is 0 Å². The van der Waals surface area contributed by atoms with E-state index in [9.17, 15) is 4.79 Å². The van der Waals surface area contributed by atoms with Gasteiger partial charge in [-0.3, -0.25) is 4.79 Å². The van der Waals surface area contributed by atoms with Crippen LogP contribution in [0.25, 0.3) is 0 Å². The van der Waals surface area contributed by atoms with Crippen LogP contribution in [0, 0.1) is 11.3 Å². The summed E-state index contributed by atoms with van der Waals surface area (Å²) in [6.07, 6.45) is 3.04. The van der Waals surface area contributed by atoms with Crippen LogP contribution in [0.3, 0.4) is 0 Å². The molecule has 1 heterocycles. The van der Waals surface area contributed by atoms with Crippen LogP contribution in [-0.2, 0) is 17.6 Å². The van der Waals surface area contributed by atoms with E-state index in [4.69, 9.17) is 10.4 Å². The lowest BCUT2D eigenvalue weighted by Gasteiger charge is -2.04. The first-order chi connectivity index (χ1) is 8.76. The number of aliphatic hydroxyl groups excluding tert-OH is 1. The van der Waals surface area contributed by atoms with E-state index >= 15 is 0 Å². The van der Waals surface area contributed by atoms with Gasteiger partial charge in [0, 0.05) is 11.4 Å². The molecule has 0 fully saturated rings. The van der Waals surface area contributed by atoms with Gasteiger partial charge in [-0.1, -0.05) is 0 Å². The van der Waals surface area contributed by atoms with Crippen molar-refractivity contribution in [3.8, 4) is 6.07 Å². The first-order valence-electron chi connectivity index (χ1n) is 5.92. The van der Waals surface area contributed by atoms with Crippen LogP contribution in [-0.4, -0.2) is 30.7 Å². The predicted molar refractivity (Wildman–Crippen MR) is 69.6 cm³/mol. The summed E-state index contributed by atoms with van der Waals surface area (Å²) in [6, 6.07) is 2.18. The van der Waals surface area contributed by atoms with Gasteiger partial charge in [-0.15, -0.1) is 11.3 Å². The van der Waals surface area contributed by atoms with Crippen molar-refractivity contribution >= 4 is 22.2 Å². The molecule has 18 heavy (non-hydrogen) atoms. The third-order valence-electron chi connectivity index (χ3n) is 2.86. The monoisotopic (exact) mass is 265 g/mol. The SMILES string of the molecule is N#Cc1c(NC(=O)CNCCO)sc2c1CCC2. The van der Waals surface area contributed by atoms with Crippen molar-refractivity contribution in [2.45, 2.75) is 19.3 Å². The highest BCUT2D eigenvalue weighted by molar-refractivity contribution is 7.16. The van der Waals surface area contributed by atoms with Gasteiger partial charge in [0.1, 0.15) is 11.1 Å². The number of hydrogen-bond acceptors (Lipinski definition) is 5. The molecule has 96 valence electrons. The zero-order valence-electron chi connectivity index (χ0n) is 9.95. The summed E-state index contributed by atoms with van der Waals surface area (Å²) < 4.78 is 0. The van der Waals surface area contributed by atoms with Gasteiger partial charge in [-0.05, 0) is 24.8 Å². The predicted octanol–water partition coefficient (Wildman–Crippen LogP) is 0.629. The smallest absolute Gasteiger partial charge is 0.238 e. The molecule has 1 amide bonds. The number of nitriles is 1. The van der Waals surface area contributed by atoms with Gasteiger partial charge in [0.25, 0.3) is 0 Å². The minimum absolute atomic E-state index is 0.00399. The largest absolute Gasteiger partial charge is 0.395 e. The maximum Gasteiger partial charge on any atom is 0.238 e. The van der Waals surface area contributed by atoms with Crippen molar-refractivity contribution in [2.24, 2.45) is 0 Å². The number of nitrogens with zero attached hydrogens (tertiary/aromatic N) is 1. The highest BCUT2D eigenvalue weighted by Gasteiger charge is 2.22. The number of thiophene rings is 1. The summed E-state index contributed by atoms with van der Waals surface area (Å²) in [5.41, 5.74) is 1.74. The normalized spacial score (nSPS) is 13.1. The molecule has 1 aliphatic carbocycles. The fourth-order valence-electron chi connectivity index (χ4n) is 2.06. The minimum Gasteiger partial charge on any atom is -0.395 e. The summed E-state index contributed by atoms with van der Waals surface area (Å²) in [5.74, 6) is -0.181. The number of aryl methyl sites for hydroxylation is 1. The third kappa shape index (κ3) is 2.70. The Morgan fingerprint density at radius 3 is 3.06 bits per heavy atom. The Balaban J connectivity index is 2.02. The molecule has 0 unspecified atom stereocenters. The average molecular weight is 265 g/mol. The van der Waals surface area contributed by atoms with E-state index in [0.717, 1.165) is 24.8 Å². The lowest BCUT2D eigenvalue weighted by atomic mass is 10.1. The number of anilines is 1. The molecule has 0 bridgehead atoms. The standard InChI is InChI=1S/C12H15N3O2S/c13-6-9-8-2-1-3-10(8)18-12(9)15-11(17)7-14-4-5-16/h14,16H,1-5,7H2,(H,15,17). The van der Waals surface area contributed by atoms with Crippen LogP contribution in [0.15, 0.2) is 0 Å². The highest BCUT2D eigenvalue weighted by Crippen LogP contribution is 2.38. The molecule has 1 aliphatic rings. The fraction of sp³-hybridized carbons (Fsp3) is 0.500. The van der Waals surface area contributed by atoms with Crippen LogP contribution < -0.4 is 10.6 Å². The van der Waals surface area contributed by atoms with Gasteiger partial charge in [0.2, 0.25) is 5.91 Å². The van der Waals surface area contributed by atoms with Crippen LogP contribution in [0.1, 0.15) is 22.4 Å². The second kappa shape index (κ2) is 5.96. The molecular weight excluding hydrogens is 250 g/mol. The van der Waals surface area contributed by atoms with Gasteiger partial charge in [-0.2, -0.15) is 5.26 Å². The summed E-state index contributed by atoms with van der Waals surface area (Å²) in [4.78, 5) is 12.9. The number of rotatable bonds is 5. The number of carbonyl (C=O) groups is 1. The number of nitrogens with one attached hydrogen (secondary N) is 2. The lowest BCUT2D eigenvalue weighted by molar-refractivity contribution is -0.115. The van der Waals surface area contributed by atoms with E-state index < -0.39 is 0 Å². The molecule has 0 spiro atoms. The molecule has 0 aromatic carbocycles. The van der Waals surface area contributed by atoms with Crippen molar-refractivity contribution in [1.29, 1.82) is 5.26 Å². The van der Waals surface area contributed by atoms with Gasteiger partial charge < -0.3 is 15.7 Å². The van der Waals surface area contributed by atoms with Crippen LogP contribution in [0.2, 0.25) is 0 Å². The Kier molecular flexibility index (Phi) is 4.31. The Morgan fingerprint density at radius 2 is 2.33 bits per heavy atom. The summed E-state index contributed by atoms with van der Waals surface area (Å²) in [6.45, 7) is 0.539. The Hall–Kier alpha value is -1.42. The van der Waals surface area contributed by atoms with E-state index in [1.54, 1.807) is 0 Å². The minimum atomic E-state index is -0.181. The fourth-order valence-corrected chi connectivity index (χ4v) is 3.32. The molecule has 6 heteroatoms. The summed E-state index contributed by atoms with van der Waals surface area (Å²) >= 11 is 1.51. The molecule has 1 aromatic rings. The molecule has 0 radical (unpaired) electrons. The molecule has 2 rings (SSSR count). The van der Waals surface area contributed by atoms with E-state index in [2.05, 4.69) is 16.7 Å². The van der Waals surface area contributed by atoms with Gasteiger partial charge in [-0.25, -0.2) is 0 Å². The Bertz CT molecular complexity index is 490. The van der Waals surface area contributed by atoms with Crippen molar-refractivity contribution < 1.29 is 9.90 Å². The highest BCUT2D eigenvalue weighted by atomic mass is 32.1. The number of fused-ring (bicyclic) bond motifs is 1. The molecule has 0 aliphatic heterocycles. The van der Waals surface area contributed by atoms with Crippen molar-refractivity contribution in [3.05, 3.63) is 16.0 Å². The quantitative estimate of drug-likeness (QED) is 0.682. The maximum atomic E-state index is 11.6.